The van der Waals surface area contributed by atoms with E-state index in [0.717, 1.165) is 38.6 Å². The van der Waals surface area contributed by atoms with Crippen molar-refractivity contribution in [2.45, 2.75) is 17.1 Å². The molecule has 5 aromatic carbocycles. The van der Waals surface area contributed by atoms with Crippen molar-refractivity contribution in [1.29, 1.82) is 0 Å². The third kappa shape index (κ3) is 9.39. The lowest BCUT2D eigenvalue weighted by Crippen LogP contribution is -2.30. The molecule has 8 nitrogen and oxygen atoms in total. The SMILES string of the molecule is COc1cccc(-c2csc(NC(=O)C(Sc3cccc(NC(=O)/C(=C\c4cccc(C)c4)NC(=O)c4ccccc4)c3)c3ccccc3)n2)c1. The fourth-order valence-electron chi connectivity index (χ4n) is 5.17. The van der Waals surface area contributed by atoms with Crippen LogP contribution in [-0.4, -0.2) is 29.8 Å². The number of benzene rings is 5. The molecule has 0 bridgehead atoms. The highest BCUT2D eigenvalue weighted by molar-refractivity contribution is 8.00. The molecule has 3 amide bonds. The van der Waals surface area contributed by atoms with Gasteiger partial charge in [0.05, 0.1) is 12.8 Å². The minimum absolute atomic E-state index is 0.0887. The van der Waals surface area contributed by atoms with Crippen molar-refractivity contribution in [2.75, 3.05) is 17.7 Å². The maximum Gasteiger partial charge on any atom is 0.272 e. The minimum atomic E-state index is -0.622. The number of hydrogen-bond acceptors (Lipinski definition) is 7. The second kappa shape index (κ2) is 16.6. The van der Waals surface area contributed by atoms with Crippen LogP contribution >= 0.6 is 23.1 Å². The zero-order chi connectivity index (χ0) is 35.6. The van der Waals surface area contributed by atoms with Crippen molar-refractivity contribution in [3.05, 3.63) is 167 Å². The van der Waals surface area contributed by atoms with Crippen LogP contribution in [0, 0.1) is 6.92 Å². The summed E-state index contributed by atoms with van der Waals surface area (Å²) in [5.74, 6) is -0.405. The van der Waals surface area contributed by atoms with Gasteiger partial charge < -0.3 is 20.7 Å². The number of carbonyl (C=O) groups excluding carboxylic acids is 3. The Balaban J connectivity index is 1.21. The van der Waals surface area contributed by atoms with Crippen LogP contribution in [0.5, 0.6) is 5.75 Å². The number of anilines is 2. The number of thioether (sulfide) groups is 1. The number of carbonyl (C=O) groups is 3. The molecule has 0 aliphatic carbocycles. The molecule has 1 aromatic heterocycles. The van der Waals surface area contributed by atoms with Crippen LogP contribution in [0.1, 0.15) is 32.3 Å². The Morgan fingerprint density at radius 2 is 1.55 bits per heavy atom. The van der Waals surface area contributed by atoms with E-state index in [1.807, 2.05) is 109 Å². The Labute approximate surface area is 304 Å². The van der Waals surface area contributed by atoms with E-state index in [2.05, 4.69) is 20.9 Å². The number of ether oxygens (including phenoxy) is 1. The molecule has 6 rings (SSSR count). The van der Waals surface area contributed by atoms with Gasteiger partial charge in [0.1, 0.15) is 16.7 Å². The summed E-state index contributed by atoms with van der Waals surface area (Å²) in [5, 5.41) is 10.5. The van der Waals surface area contributed by atoms with E-state index < -0.39 is 17.1 Å². The average Bonchev–Trinajstić information content (AvgIpc) is 3.63. The maximum atomic E-state index is 13.8. The number of nitrogens with one attached hydrogen (secondary N) is 3. The summed E-state index contributed by atoms with van der Waals surface area (Å²) in [7, 11) is 1.62. The van der Waals surface area contributed by atoms with Crippen molar-refractivity contribution < 1.29 is 19.1 Å². The van der Waals surface area contributed by atoms with Crippen LogP contribution in [0.2, 0.25) is 0 Å². The highest BCUT2D eigenvalue weighted by atomic mass is 32.2. The second-order valence-electron chi connectivity index (χ2n) is 11.4. The van der Waals surface area contributed by atoms with Crippen molar-refractivity contribution in [2.24, 2.45) is 0 Å². The minimum Gasteiger partial charge on any atom is -0.497 e. The molecule has 0 saturated heterocycles. The third-order valence-electron chi connectivity index (χ3n) is 7.67. The largest absolute Gasteiger partial charge is 0.497 e. The average molecular weight is 711 g/mol. The van der Waals surface area contributed by atoms with E-state index in [-0.39, 0.29) is 11.6 Å². The van der Waals surface area contributed by atoms with Crippen molar-refractivity contribution in [3.63, 3.8) is 0 Å². The van der Waals surface area contributed by atoms with E-state index in [1.165, 1.54) is 23.1 Å². The molecule has 1 heterocycles. The van der Waals surface area contributed by atoms with Gasteiger partial charge in [0, 0.05) is 27.1 Å². The first-order valence-electron chi connectivity index (χ1n) is 16.0. The quantitative estimate of drug-likeness (QED) is 0.0864. The molecular weight excluding hydrogens is 677 g/mol. The van der Waals surface area contributed by atoms with Crippen LogP contribution in [0.3, 0.4) is 0 Å². The zero-order valence-electron chi connectivity index (χ0n) is 27.8. The fourth-order valence-corrected chi connectivity index (χ4v) is 6.97. The monoisotopic (exact) mass is 710 g/mol. The van der Waals surface area contributed by atoms with E-state index in [4.69, 9.17) is 4.74 Å². The Morgan fingerprint density at radius 3 is 2.31 bits per heavy atom. The number of hydrogen-bond donors (Lipinski definition) is 3. The Morgan fingerprint density at radius 1 is 0.804 bits per heavy atom. The van der Waals surface area contributed by atoms with Gasteiger partial charge in [-0.1, -0.05) is 96.6 Å². The van der Waals surface area contributed by atoms with Gasteiger partial charge in [-0.2, -0.15) is 0 Å². The summed E-state index contributed by atoms with van der Waals surface area (Å²) in [6.45, 7) is 1.96. The van der Waals surface area contributed by atoms with Crippen molar-refractivity contribution in [3.8, 4) is 17.0 Å². The van der Waals surface area contributed by atoms with Gasteiger partial charge in [0.15, 0.2) is 5.13 Å². The first-order valence-corrected chi connectivity index (χ1v) is 17.8. The number of amides is 3. The van der Waals surface area contributed by atoms with Crippen LogP contribution in [0.4, 0.5) is 10.8 Å². The number of methoxy groups -OCH3 is 1. The Kier molecular flexibility index (Phi) is 11.4. The molecule has 1 unspecified atom stereocenters. The molecule has 0 aliphatic rings. The lowest BCUT2D eigenvalue weighted by atomic mass is 10.1. The van der Waals surface area contributed by atoms with Gasteiger partial charge >= 0.3 is 0 Å². The topological polar surface area (TPSA) is 109 Å². The molecule has 254 valence electrons. The molecule has 0 aliphatic heterocycles. The molecule has 10 heteroatoms. The lowest BCUT2D eigenvalue weighted by molar-refractivity contribution is -0.116. The lowest BCUT2D eigenvalue weighted by Gasteiger charge is -2.17. The summed E-state index contributed by atoms with van der Waals surface area (Å²) >= 11 is 2.70. The number of aryl methyl sites for hydroxylation is 1. The summed E-state index contributed by atoms with van der Waals surface area (Å²) in [6.07, 6.45) is 1.65. The maximum absolute atomic E-state index is 13.8. The van der Waals surface area contributed by atoms with Gasteiger partial charge in [-0.3, -0.25) is 14.4 Å². The Hall–Kier alpha value is -5.97. The van der Waals surface area contributed by atoms with Crippen LogP contribution < -0.4 is 20.7 Å². The van der Waals surface area contributed by atoms with E-state index >= 15 is 0 Å². The smallest absolute Gasteiger partial charge is 0.272 e. The van der Waals surface area contributed by atoms with E-state index in [1.54, 1.807) is 49.6 Å². The molecular formula is C41H34N4O4S2. The number of rotatable bonds is 12. The predicted molar refractivity (Wildman–Crippen MR) is 206 cm³/mol. The first kappa shape index (κ1) is 34.9. The summed E-state index contributed by atoms with van der Waals surface area (Å²) in [4.78, 5) is 46.0. The fraction of sp³-hybridized carbons (Fsp3) is 0.0732. The summed E-state index contributed by atoms with van der Waals surface area (Å²) in [5.41, 5.74) is 5.24. The highest BCUT2D eigenvalue weighted by Gasteiger charge is 2.24. The molecule has 1 atom stereocenters. The van der Waals surface area contributed by atoms with Gasteiger partial charge in [-0.05, 0) is 66.6 Å². The van der Waals surface area contributed by atoms with Gasteiger partial charge in [0.2, 0.25) is 5.91 Å². The molecule has 51 heavy (non-hydrogen) atoms. The van der Waals surface area contributed by atoms with Crippen LogP contribution in [0.25, 0.3) is 17.3 Å². The molecule has 3 N–H and O–H groups in total. The van der Waals surface area contributed by atoms with Gasteiger partial charge in [-0.15, -0.1) is 23.1 Å². The molecule has 6 aromatic rings. The van der Waals surface area contributed by atoms with Crippen molar-refractivity contribution in [1.82, 2.24) is 10.3 Å². The zero-order valence-corrected chi connectivity index (χ0v) is 29.5. The van der Waals surface area contributed by atoms with Crippen LogP contribution in [0.15, 0.2) is 149 Å². The van der Waals surface area contributed by atoms with Gasteiger partial charge in [0.25, 0.3) is 11.8 Å². The number of aromatic nitrogens is 1. The predicted octanol–water partition coefficient (Wildman–Crippen LogP) is 9.01. The van der Waals surface area contributed by atoms with E-state index in [9.17, 15) is 14.4 Å². The molecule has 0 fully saturated rings. The number of thiazole rings is 1. The summed E-state index contributed by atoms with van der Waals surface area (Å²) < 4.78 is 5.35. The van der Waals surface area contributed by atoms with E-state index in [0.29, 0.717) is 16.4 Å². The summed E-state index contributed by atoms with van der Waals surface area (Å²) in [6, 6.07) is 40.7. The first-order chi connectivity index (χ1) is 24.8. The standard InChI is InChI=1S/C41H34N4O4S2/c1-27-12-9-13-28(22-27)23-35(43-38(46)30-16-7-4-8-17-30)39(47)42-32-19-11-21-34(25-32)51-37(29-14-5-3-6-15-29)40(48)45-41-44-36(26-50-41)31-18-10-20-33(24-31)49-2/h3-26,37H,1-2H3,(H,42,47)(H,43,46)(H,44,45,48)/b35-23+. The van der Waals surface area contributed by atoms with Gasteiger partial charge in [-0.25, -0.2) is 4.98 Å². The van der Waals surface area contributed by atoms with Crippen molar-refractivity contribution >= 4 is 57.7 Å². The molecule has 0 spiro atoms. The molecule has 0 saturated carbocycles. The highest BCUT2D eigenvalue weighted by Crippen LogP contribution is 2.38. The van der Waals surface area contributed by atoms with Crippen LogP contribution in [-0.2, 0) is 9.59 Å². The third-order valence-corrected chi connectivity index (χ3v) is 9.67. The Bertz CT molecular complexity index is 2180. The molecule has 0 radical (unpaired) electrons. The normalized spacial score (nSPS) is 11.7. The second-order valence-corrected chi connectivity index (χ2v) is 13.5. The number of nitrogens with zero attached hydrogens (tertiary/aromatic N) is 1.